The summed E-state index contributed by atoms with van der Waals surface area (Å²) in [6, 6.07) is -0.697. The van der Waals surface area contributed by atoms with Crippen LogP contribution in [0.2, 0.25) is 0 Å². The van der Waals surface area contributed by atoms with Gasteiger partial charge in [-0.1, -0.05) is 245 Å². The molecule has 3 atom stereocenters. The fraction of sp³-hybridized carbons (Fsp3) is 0.926. The highest BCUT2D eigenvalue weighted by atomic mass is 16.5. The van der Waals surface area contributed by atoms with Crippen LogP contribution in [-0.4, -0.2) is 46.9 Å². The number of aliphatic hydroxyl groups excluding tert-OH is 2. The Morgan fingerprint density at radius 1 is 0.467 bits per heavy atom. The third-order valence-corrected chi connectivity index (χ3v) is 12.6. The Morgan fingerprint density at radius 2 is 0.800 bits per heavy atom. The van der Waals surface area contributed by atoms with E-state index in [2.05, 4.69) is 38.2 Å². The number of rotatable bonds is 49. The van der Waals surface area contributed by atoms with Crippen LogP contribution in [0.3, 0.4) is 0 Å². The summed E-state index contributed by atoms with van der Waals surface area (Å²) in [5.74, 6) is -0.474. The topological polar surface area (TPSA) is 95.9 Å². The lowest BCUT2D eigenvalue weighted by atomic mass is 10.0. The first-order valence-electron chi connectivity index (χ1n) is 26.9. The molecule has 3 N–H and O–H groups in total. The molecule has 0 rings (SSSR count). The molecule has 0 spiro atoms. The van der Waals surface area contributed by atoms with Gasteiger partial charge in [-0.2, -0.15) is 0 Å². The number of allylic oxidation sites excluding steroid dienone is 2. The molecule has 0 heterocycles. The van der Waals surface area contributed by atoms with Gasteiger partial charge < -0.3 is 20.3 Å². The van der Waals surface area contributed by atoms with Crippen molar-refractivity contribution < 1.29 is 24.5 Å². The Bertz CT molecular complexity index is 909. The van der Waals surface area contributed by atoms with Crippen LogP contribution in [0.15, 0.2) is 12.2 Å². The van der Waals surface area contributed by atoms with Crippen molar-refractivity contribution in [2.24, 2.45) is 0 Å². The molecule has 0 bridgehead atoms. The average molecular weight is 848 g/mol. The second kappa shape index (κ2) is 48.6. The minimum atomic E-state index is -0.784. The van der Waals surface area contributed by atoms with Gasteiger partial charge >= 0.3 is 5.97 Å². The fourth-order valence-corrected chi connectivity index (χ4v) is 8.49. The number of esters is 1. The minimum Gasteiger partial charge on any atom is -0.462 e. The maximum absolute atomic E-state index is 13.2. The van der Waals surface area contributed by atoms with Crippen molar-refractivity contribution >= 4 is 11.9 Å². The van der Waals surface area contributed by atoms with Crippen LogP contribution in [0.1, 0.15) is 297 Å². The molecule has 3 unspecified atom stereocenters. The first-order chi connectivity index (χ1) is 29.5. The fourth-order valence-electron chi connectivity index (χ4n) is 8.49. The van der Waals surface area contributed by atoms with E-state index in [1.165, 1.54) is 199 Å². The summed E-state index contributed by atoms with van der Waals surface area (Å²) in [6.07, 6.45) is 54.1. The van der Waals surface area contributed by atoms with E-state index < -0.39 is 18.2 Å². The molecule has 0 aromatic heterocycles. The number of amides is 1. The molecule has 0 fully saturated rings. The van der Waals surface area contributed by atoms with Crippen LogP contribution in [0.5, 0.6) is 0 Å². The van der Waals surface area contributed by atoms with E-state index in [0.717, 1.165) is 51.4 Å². The summed E-state index contributed by atoms with van der Waals surface area (Å²) >= 11 is 0. The van der Waals surface area contributed by atoms with E-state index in [-0.39, 0.29) is 24.9 Å². The molecule has 0 aliphatic rings. The summed E-state index contributed by atoms with van der Waals surface area (Å²) < 4.78 is 5.94. The monoisotopic (exact) mass is 848 g/mol. The standard InChI is InChI=1S/C54H105NO5/c1-4-7-10-13-16-19-22-25-28-30-33-36-39-42-45-50(60-54(59)47-44-41-38-35-32-27-24-21-18-15-12-9-6-3)48-53(58)55-51(49-56)52(57)46-43-40-37-34-31-29-26-23-20-17-14-11-8-5-2/h27,32,50-52,56-57H,4-26,28-31,33-49H2,1-3H3,(H,55,58)/b32-27-. The molecule has 0 aromatic rings. The van der Waals surface area contributed by atoms with Crippen LogP contribution in [-0.2, 0) is 14.3 Å². The van der Waals surface area contributed by atoms with Crippen LogP contribution in [0, 0.1) is 0 Å². The predicted molar refractivity (Wildman–Crippen MR) is 260 cm³/mol. The number of hydrogen-bond donors (Lipinski definition) is 3. The van der Waals surface area contributed by atoms with Crippen molar-refractivity contribution in [3.05, 3.63) is 12.2 Å². The Labute approximate surface area is 374 Å². The van der Waals surface area contributed by atoms with Gasteiger partial charge in [0.2, 0.25) is 5.91 Å². The van der Waals surface area contributed by atoms with Gasteiger partial charge in [-0.15, -0.1) is 0 Å². The van der Waals surface area contributed by atoms with Crippen molar-refractivity contribution in [3.8, 4) is 0 Å². The number of carbonyl (C=O) groups is 2. The molecule has 356 valence electrons. The van der Waals surface area contributed by atoms with E-state index in [1.54, 1.807) is 0 Å². The van der Waals surface area contributed by atoms with E-state index in [9.17, 15) is 19.8 Å². The molecule has 0 aliphatic carbocycles. The summed E-state index contributed by atoms with van der Waals surface area (Å²) in [5.41, 5.74) is 0. The maximum atomic E-state index is 13.2. The van der Waals surface area contributed by atoms with Crippen LogP contribution in [0.25, 0.3) is 0 Å². The first kappa shape index (κ1) is 58.6. The molecule has 1 amide bonds. The zero-order valence-corrected chi connectivity index (χ0v) is 40.6. The zero-order chi connectivity index (χ0) is 43.8. The van der Waals surface area contributed by atoms with Crippen molar-refractivity contribution in [1.29, 1.82) is 0 Å². The van der Waals surface area contributed by atoms with Gasteiger partial charge in [0, 0.05) is 6.42 Å². The quantitative estimate of drug-likeness (QED) is 0.0322. The van der Waals surface area contributed by atoms with Gasteiger partial charge in [0.15, 0.2) is 0 Å². The Balaban J connectivity index is 4.54. The van der Waals surface area contributed by atoms with Crippen molar-refractivity contribution in [1.82, 2.24) is 5.32 Å². The summed E-state index contributed by atoms with van der Waals surface area (Å²) in [5, 5.41) is 23.8. The number of aliphatic hydroxyl groups is 2. The van der Waals surface area contributed by atoms with Gasteiger partial charge in [-0.3, -0.25) is 9.59 Å². The SMILES string of the molecule is CCCCCCCC/C=C\CCCCCC(=O)OC(CCCCCCCCCCCCCCCC)CC(=O)NC(CO)C(O)CCCCCCCCCCCCCCCC. The molecule has 0 radical (unpaired) electrons. The number of unbranched alkanes of at least 4 members (excludes halogenated alkanes) is 35. The molecular weight excluding hydrogens is 743 g/mol. The second-order valence-electron chi connectivity index (χ2n) is 18.6. The molecule has 0 saturated carbocycles. The van der Waals surface area contributed by atoms with Crippen molar-refractivity contribution in [2.75, 3.05) is 6.61 Å². The van der Waals surface area contributed by atoms with Gasteiger partial charge in [-0.25, -0.2) is 0 Å². The van der Waals surface area contributed by atoms with Crippen molar-refractivity contribution in [3.63, 3.8) is 0 Å². The van der Waals surface area contributed by atoms with Crippen LogP contribution < -0.4 is 5.32 Å². The molecule has 6 nitrogen and oxygen atoms in total. The van der Waals surface area contributed by atoms with Gasteiger partial charge in [-0.05, 0) is 51.4 Å². The highest BCUT2D eigenvalue weighted by Crippen LogP contribution is 2.18. The Hall–Kier alpha value is -1.40. The summed E-state index contributed by atoms with van der Waals surface area (Å²) in [6.45, 7) is 6.50. The molecule has 6 heteroatoms. The molecular formula is C54H105NO5. The Morgan fingerprint density at radius 3 is 1.18 bits per heavy atom. The largest absolute Gasteiger partial charge is 0.462 e. The highest BCUT2D eigenvalue weighted by molar-refractivity contribution is 5.77. The highest BCUT2D eigenvalue weighted by Gasteiger charge is 2.24. The Kier molecular flexibility index (Phi) is 47.5. The smallest absolute Gasteiger partial charge is 0.306 e. The third kappa shape index (κ3) is 43.3. The lowest BCUT2D eigenvalue weighted by Gasteiger charge is -2.24. The summed E-state index contributed by atoms with van der Waals surface area (Å²) in [4.78, 5) is 26.1. The molecule has 0 aliphatic heterocycles. The van der Waals surface area contributed by atoms with E-state index in [1.807, 2.05) is 0 Å². The molecule has 0 aromatic carbocycles. The average Bonchev–Trinajstić information content (AvgIpc) is 3.24. The van der Waals surface area contributed by atoms with E-state index in [4.69, 9.17) is 4.74 Å². The van der Waals surface area contributed by atoms with Gasteiger partial charge in [0.25, 0.3) is 0 Å². The zero-order valence-electron chi connectivity index (χ0n) is 40.6. The number of ether oxygens (including phenoxy) is 1. The first-order valence-corrected chi connectivity index (χ1v) is 26.9. The third-order valence-electron chi connectivity index (χ3n) is 12.6. The maximum Gasteiger partial charge on any atom is 0.306 e. The van der Waals surface area contributed by atoms with Crippen LogP contribution >= 0.6 is 0 Å². The lowest BCUT2D eigenvalue weighted by molar-refractivity contribution is -0.151. The number of hydrogen-bond acceptors (Lipinski definition) is 5. The van der Waals surface area contributed by atoms with Gasteiger partial charge in [0.1, 0.15) is 6.10 Å². The normalized spacial score (nSPS) is 13.2. The van der Waals surface area contributed by atoms with E-state index in [0.29, 0.717) is 19.3 Å². The molecule has 0 saturated heterocycles. The molecule has 60 heavy (non-hydrogen) atoms. The number of nitrogens with one attached hydrogen (secondary N) is 1. The number of carbonyl (C=O) groups excluding carboxylic acids is 2. The van der Waals surface area contributed by atoms with Gasteiger partial charge in [0.05, 0.1) is 25.2 Å². The lowest BCUT2D eigenvalue weighted by Crippen LogP contribution is -2.46. The second-order valence-corrected chi connectivity index (χ2v) is 18.6. The van der Waals surface area contributed by atoms with Crippen molar-refractivity contribution in [2.45, 2.75) is 315 Å². The minimum absolute atomic E-state index is 0.0790. The predicted octanol–water partition coefficient (Wildman–Crippen LogP) is 16.1. The van der Waals surface area contributed by atoms with Crippen LogP contribution in [0.4, 0.5) is 0 Å². The van der Waals surface area contributed by atoms with E-state index >= 15 is 0 Å². The summed E-state index contributed by atoms with van der Waals surface area (Å²) in [7, 11) is 0.